The van der Waals surface area contributed by atoms with Gasteiger partial charge in [0, 0.05) is 5.69 Å². The first kappa shape index (κ1) is 21.4. The third-order valence-electron chi connectivity index (χ3n) is 3.77. The van der Waals surface area contributed by atoms with Crippen LogP contribution in [-0.4, -0.2) is 37.7 Å². The summed E-state index contributed by atoms with van der Waals surface area (Å²) in [7, 11) is 1.39. The molecule has 152 valence electrons. The van der Waals surface area contributed by atoms with Crippen molar-refractivity contribution in [1.29, 1.82) is 0 Å². The quantitative estimate of drug-likeness (QED) is 0.378. The topological polar surface area (TPSA) is 129 Å². The number of methoxy groups -OCH3 is 1. The van der Waals surface area contributed by atoms with Crippen molar-refractivity contribution in [3.8, 4) is 11.5 Å². The Morgan fingerprint density at radius 3 is 2.55 bits per heavy atom. The van der Waals surface area contributed by atoms with Gasteiger partial charge in [-0.3, -0.25) is 9.59 Å². The van der Waals surface area contributed by atoms with Crippen molar-refractivity contribution in [2.75, 3.05) is 19.0 Å². The lowest BCUT2D eigenvalue weighted by atomic mass is 10.1. The molecular weight excluding hydrogens is 378 g/mol. The summed E-state index contributed by atoms with van der Waals surface area (Å²) in [5.41, 5.74) is 4.14. The Kier molecular flexibility index (Phi) is 7.72. The van der Waals surface area contributed by atoms with Gasteiger partial charge >= 0.3 is 11.8 Å². The zero-order valence-electron chi connectivity index (χ0n) is 15.9. The highest BCUT2D eigenvalue weighted by Crippen LogP contribution is 2.27. The van der Waals surface area contributed by atoms with Gasteiger partial charge in [-0.25, -0.2) is 5.43 Å². The van der Waals surface area contributed by atoms with E-state index in [0.29, 0.717) is 17.7 Å². The second kappa shape index (κ2) is 10.5. The van der Waals surface area contributed by atoms with Crippen molar-refractivity contribution in [3.05, 3.63) is 53.6 Å². The number of nitrogens with zero attached hydrogens (tertiary/aromatic N) is 1. The van der Waals surface area contributed by atoms with Gasteiger partial charge in [-0.2, -0.15) is 5.10 Å². The Morgan fingerprint density at radius 1 is 1.10 bits per heavy atom. The standard InChI is InChI=1S/C20H21N3O6/c1-3-14-6-4-5-7-15(14)22-19(26)20(27)23-21-11-13-8-9-16(17(10-13)28-2)29-12-18(24)25/h4-11H,3,12H2,1-2H3,(H,22,26)(H,23,27)(H,24,25)/p-1/b21-11-. The van der Waals surface area contributed by atoms with E-state index in [-0.39, 0.29) is 11.5 Å². The third kappa shape index (κ3) is 6.35. The minimum absolute atomic E-state index is 0.215. The molecule has 2 aromatic rings. The molecule has 0 aromatic heterocycles. The van der Waals surface area contributed by atoms with E-state index in [1.54, 1.807) is 18.2 Å². The number of aryl methyl sites for hydroxylation is 1. The van der Waals surface area contributed by atoms with Crippen LogP contribution in [0.5, 0.6) is 11.5 Å². The molecule has 0 saturated heterocycles. The molecule has 0 saturated carbocycles. The van der Waals surface area contributed by atoms with E-state index in [0.717, 1.165) is 5.56 Å². The number of hydrogen-bond acceptors (Lipinski definition) is 7. The SMILES string of the molecule is CCc1ccccc1NC(=O)C(=O)N/N=C\c1ccc(OCC(=O)[O-])c(OC)c1. The van der Waals surface area contributed by atoms with Crippen molar-refractivity contribution >= 4 is 29.7 Å². The summed E-state index contributed by atoms with van der Waals surface area (Å²) in [5.74, 6) is -2.64. The van der Waals surface area contributed by atoms with E-state index in [9.17, 15) is 19.5 Å². The molecule has 0 radical (unpaired) electrons. The molecule has 0 unspecified atom stereocenters. The van der Waals surface area contributed by atoms with Crippen molar-refractivity contribution in [2.24, 2.45) is 5.10 Å². The zero-order chi connectivity index (χ0) is 21.2. The second-order valence-electron chi connectivity index (χ2n) is 5.73. The number of carbonyl (C=O) groups is 3. The summed E-state index contributed by atoms with van der Waals surface area (Å²) in [6, 6.07) is 11.8. The first-order chi connectivity index (χ1) is 13.9. The van der Waals surface area contributed by atoms with Crippen molar-refractivity contribution in [3.63, 3.8) is 0 Å². The number of ether oxygens (including phenoxy) is 2. The van der Waals surface area contributed by atoms with Gasteiger partial charge in [0.25, 0.3) is 0 Å². The summed E-state index contributed by atoms with van der Waals surface area (Å²) in [6.45, 7) is 1.33. The zero-order valence-corrected chi connectivity index (χ0v) is 15.9. The number of benzene rings is 2. The molecule has 2 N–H and O–H groups in total. The number of carboxylic acids is 1. The maximum Gasteiger partial charge on any atom is 0.329 e. The number of amides is 2. The van der Waals surface area contributed by atoms with Gasteiger partial charge in [-0.1, -0.05) is 25.1 Å². The van der Waals surface area contributed by atoms with E-state index < -0.39 is 24.4 Å². The number of para-hydroxylation sites is 1. The normalized spacial score (nSPS) is 10.4. The van der Waals surface area contributed by atoms with Crippen LogP contribution in [0, 0.1) is 0 Å². The Hall–Kier alpha value is -3.88. The predicted molar refractivity (Wildman–Crippen MR) is 104 cm³/mol. The first-order valence-corrected chi connectivity index (χ1v) is 8.67. The molecule has 0 aliphatic rings. The fourth-order valence-electron chi connectivity index (χ4n) is 2.37. The molecule has 0 aliphatic heterocycles. The Labute approximate surface area is 167 Å². The van der Waals surface area contributed by atoms with Crippen molar-refractivity contribution in [2.45, 2.75) is 13.3 Å². The van der Waals surface area contributed by atoms with Gasteiger partial charge in [0.15, 0.2) is 11.5 Å². The van der Waals surface area contributed by atoms with Crippen molar-refractivity contribution < 1.29 is 29.0 Å². The van der Waals surface area contributed by atoms with Crippen LogP contribution in [-0.2, 0) is 20.8 Å². The van der Waals surface area contributed by atoms with Crippen LogP contribution in [0.4, 0.5) is 5.69 Å². The van der Waals surface area contributed by atoms with Crippen LogP contribution in [0.25, 0.3) is 0 Å². The number of hydrazone groups is 1. The molecule has 0 spiro atoms. The summed E-state index contributed by atoms with van der Waals surface area (Å²) in [4.78, 5) is 34.4. The number of carbonyl (C=O) groups excluding carboxylic acids is 3. The Morgan fingerprint density at radius 2 is 1.86 bits per heavy atom. The number of nitrogens with one attached hydrogen (secondary N) is 2. The summed E-state index contributed by atoms with van der Waals surface area (Å²) >= 11 is 0. The van der Waals surface area contributed by atoms with Crippen LogP contribution in [0.3, 0.4) is 0 Å². The maximum absolute atomic E-state index is 12.0. The molecule has 9 heteroatoms. The average molecular weight is 398 g/mol. The summed E-state index contributed by atoms with van der Waals surface area (Å²) in [5, 5.41) is 16.8. The van der Waals surface area contributed by atoms with E-state index in [2.05, 4.69) is 15.8 Å². The van der Waals surface area contributed by atoms with Crippen LogP contribution in [0.2, 0.25) is 0 Å². The highest BCUT2D eigenvalue weighted by Gasteiger charge is 2.14. The Balaban J connectivity index is 1.96. The van der Waals surface area contributed by atoms with E-state index in [1.807, 2.05) is 19.1 Å². The van der Waals surface area contributed by atoms with Crippen LogP contribution in [0.1, 0.15) is 18.1 Å². The molecule has 0 bridgehead atoms. The molecular formula is C20H20N3O6-. The molecule has 2 aromatic carbocycles. The van der Waals surface area contributed by atoms with E-state index in [4.69, 9.17) is 9.47 Å². The molecule has 29 heavy (non-hydrogen) atoms. The smallest absolute Gasteiger partial charge is 0.329 e. The number of anilines is 1. The van der Waals surface area contributed by atoms with Gasteiger partial charge in [-0.15, -0.1) is 0 Å². The van der Waals surface area contributed by atoms with Crippen molar-refractivity contribution in [1.82, 2.24) is 5.43 Å². The van der Waals surface area contributed by atoms with Gasteiger partial charge in [0.1, 0.15) is 6.61 Å². The van der Waals surface area contributed by atoms with Gasteiger partial charge < -0.3 is 24.7 Å². The monoisotopic (exact) mass is 398 g/mol. The number of aliphatic carboxylic acids is 1. The molecule has 0 fully saturated rings. The Bertz CT molecular complexity index is 926. The predicted octanol–water partition coefficient (Wildman–Crippen LogP) is 0.475. The number of rotatable bonds is 8. The highest BCUT2D eigenvalue weighted by atomic mass is 16.5. The molecule has 9 nitrogen and oxygen atoms in total. The lowest BCUT2D eigenvalue weighted by Crippen LogP contribution is -2.32. The third-order valence-corrected chi connectivity index (χ3v) is 3.77. The molecule has 2 rings (SSSR count). The van der Waals surface area contributed by atoms with Gasteiger partial charge in [0.05, 0.1) is 19.3 Å². The molecule has 0 atom stereocenters. The largest absolute Gasteiger partial charge is 0.546 e. The minimum atomic E-state index is -1.36. The molecule has 0 heterocycles. The average Bonchev–Trinajstić information content (AvgIpc) is 2.72. The van der Waals surface area contributed by atoms with Crippen LogP contribution < -0.4 is 25.3 Å². The maximum atomic E-state index is 12.0. The number of carboxylic acid groups (broad SMARTS) is 1. The van der Waals surface area contributed by atoms with E-state index in [1.165, 1.54) is 25.5 Å². The lowest BCUT2D eigenvalue weighted by Gasteiger charge is -2.11. The first-order valence-electron chi connectivity index (χ1n) is 8.67. The fraction of sp³-hybridized carbons (Fsp3) is 0.200. The lowest BCUT2D eigenvalue weighted by molar-refractivity contribution is -0.307. The summed E-state index contributed by atoms with van der Waals surface area (Å²) < 4.78 is 10.2. The molecule has 2 amide bonds. The van der Waals surface area contributed by atoms with Crippen LogP contribution >= 0.6 is 0 Å². The second-order valence-corrected chi connectivity index (χ2v) is 5.73. The highest BCUT2D eigenvalue weighted by molar-refractivity contribution is 6.39. The summed E-state index contributed by atoms with van der Waals surface area (Å²) in [6.07, 6.45) is 2.01. The molecule has 0 aliphatic carbocycles. The van der Waals surface area contributed by atoms with Crippen LogP contribution in [0.15, 0.2) is 47.6 Å². The van der Waals surface area contributed by atoms with E-state index >= 15 is 0 Å². The minimum Gasteiger partial charge on any atom is -0.546 e. The fourth-order valence-corrected chi connectivity index (χ4v) is 2.37. The van der Waals surface area contributed by atoms with Gasteiger partial charge in [0.2, 0.25) is 0 Å². The number of hydrogen-bond donors (Lipinski definition) is 2. The van der Waals surface area contributed by atoms with Gasteiger partial charge in [-0.05, 0) is 41.8 Å².